The van der Waals surface area contributed by atoms with Crippen LogP contribution in [-0.4, -0.2) is 34.1 Å². The summed E-state index contributed by atoms with van der Waals surface area (Å²) >= 11 is 0. The number of non-ortho nitro benzene ring substituents is 1. The van der Waals surface area contributed by atoms with Gasteiger partial charge in [-0.15, -0.1) is 0 Å². The number of likely N-dealkylation sites (tertiary alicyclic amines) is 1. The van der Waals surface area contributed by atoms with E-state index in [1.807, 2.05) is 6.07 Å². The molecule has 1 aromatic carbocycles. The Morgan fingerprint density at radius 2 is 2.35 bits per heavy atom. The van der Waals surface area contributed by atoms with Crippen molar-refractivity contribution in [3.63, 3.8) is 0 Å². The third-order valence-corrected chi connectivity index (χ3v) is 3.22. The standard InChI is InChI=1S/C12H16N2O3/c15-9-12-5-2-6-13(12)8-10-3-1-4-11(7-10)14(16)17/h1,3-4,7,12,15H,2,5-6,8-9H2/t12-/m1/s1. The third-order valence-electron chi connectivity index (χ3n) is 3.22. The van der Waals surface area contributed by atoms with Crippen LogP contribution in [0.25, 0.3) is 0 Å². The van der Waals surface area contributed by atoms with Crippen molar-refractivity contribution < 1.29 is 10.0 Å². The van der Waals surface area contributed by atoms with Gasteiger partial charge in [-0.2, -0.15) is 0 Å². The summed E-state index contributed by atoms with van der Waals surface area (Å²) in [6, 6.07) is 6.90. The minimum absolute atomic E-state index is 0.127. The highest BCUT2D eigenvalue weighted by Gasteiger charge is 2.23. The minimum Gasteiger partial charge on any atom is -0.395 e. The van der Waals surface area contributed by atoms with Crippen molar-refractivity contribution in [2.24, 2.45) is 0 Å². The Morgan fingerprint density at radius 3 is 3.06 bits per heavy atom. The highest BCUT2D eigenvalue weighted by molar-refractivity contribution is 5.34. The molecule has 5 heteroatoms. The topological polar surface area (TPSA) is 66.6 Å². The van der Waals surface area contributed by atoms with Crippen LogP contribution in [0.15, 0.2) is 24.3 Å². The lowest BCUT2D eigenvalue weighted by Crippen LogP contribution is -2.31. The van der Waals surface area contributed by atoms with Gasteiger partial charge in [-0.1, -0.05) is 12.1 Å². The van der Waals surface area contributed by atoms with E-state index in [0.717, 1.165) is 24.9 Å². The zero-order valence-corrected chi connectivity index (χ0v) is 9.58. The smallest absolute Gasteiger partial charge is 0.269 e. The third kappa shape index (κ3) is 2.81. The Balaban J connectivity index is 2.07. The van der Waals surface area contributed by atoms with E-state index >= 15 is 0 Å². The van der Waals surface area contributed by atoms with Gasteiger partial charge < -0.3 is 5.11 Å². The molecular formula is C12H16N2O3. The summed E-state index contributed by atoms with van der Waals surface area (Å²) in [7, 11) is 0. The maximum absolute atomic E-state index is 10.7. The molecule has 0 saturated carbocycles. The first-order valence-corrected chi connectivity index (χ1v) is 5.79. The molecule has 1 atom stereocenters. The Hall–Kier alpha value is -1.46. The van der Waals surface area contributed by atoms with Crippen molar-refractivity contribution in [3.8, 4) is 0 Å². The summed E-state index contributed by atoms with van der Waals surface area (Å²) in [5, 5.41) is 19.9. The highest BCUT2D eigenvalue weighted by Crippen LogP contribution is 2.21. The molecule has 0 bridgehead atoms. The monoisotopic (exact) mass is 236 g/mol. The molecule has 17 heavy (non-hydrogen) atoms. The molecular weight excluding hydrogens is 220 g/mol. The van der Waals surface area contributed by atoms with Gasteiger partial charge in [0.1, 0.15) is 0 Å². The second-order valence-corrected chi connectivity index (χ2v) is 4.38. The van der Waals surface area contributed by atoms with Crippen LogP contribution in [0.5, 0.6) is 0 Å². The fourth-order valence-corrected chi connectivity index (χ4v) is 2.31. The maximum Gasteiger partial charge on any atom is 0.269 e. The Kier molecular flexibility index (Phi) is 3.71. The Labute approximate surface area is 99.8 Å². The Morgan fingerprint density at radius 1 is 1.53 bits per heavy atom. The second-order valence-electron chi connectivity index (χ2n) is 4.38. The number of aliphatic hydroxyl groups excluding tert-OH is 1. The van der Waals surface area contributed by atoms with Crippen molar-refractivity contribution in [2.75, 3.05) is 13.2 Å². The number of rotatable bonds is 4. The number of aliphatic hydroxyl groups is 1. The van der Waals surface area contributed by atoms with Crippen LogP contribution in [0.1, 0.15) is 18.4 Å². The van der Waals surface area contributed by atoms with Gasteiger partial charge in [0.2, 0.25) is 0 Å². The van der Waals surface area contributed by atoms with Crippen molar-refractivity contribution in [1.29, 1.82) is 0 Å². The van der Waals surface area contributed by atoms with Gasteiger partial charge in [-0.3, -0.25) is 15.0 Å². The molecule has 0 unspecified atom stereocenters. The highest BCUT2D eigenvalue weighted by atomic mass is 16.6. The van der Waals surface area contributed by atoms with E-state index < -0.39 is 0 Å². The van der Waals surface area contributed by atoms with Crippen LogP contribution in [0.4, 0.5) is 5.69 Å². The van der Waals surface area contributed by atoms with E-state index in [0.29, 0.717) is 6.54 Å². The van der Waals surface area contributed by atoms with Crippen molar-refractivity contribution in [2.45, 2.75) is 25.4 Å². The summed E-state index contributed by atoms with van der Waals surface area (Å²) < 4.78 is 0. The fraction of sp³-hybridized carbons (Fsp3) is 0.500. The molecule has 2 rings (SSSR count). The van der Waals surface area contributed by atoms with E-state index in [4.69, 9.17) is 0 Å². The molecule has 1 saturated heterocycles. The number of hydrogen-bond donors (Lipinski definition) is 1. The molecule has 1 heterocycles. The first-order chi connectivity index (χ1) is 8.20. The zero-order chi connectivity index (χ0) is 12.3. The summed E-state index contributed by atoms with van der Waals surface area (Å²) in [6.07, 6.45) is 2.09. The summed E-state index contributed by atoms with van der Waals surface area (Å²) in [5.41, 5.74) is 1.06. The molecule has 0 amide bonds. The van der Waals surface area contributed by atoms with Gasteiger partial charge in [-0.05, 0) is 24.9 Å². The van der Waals surface area contributed by atoms with E-state index in [-0.39, 0.29) is 23.3 Å². The van der Waals surface area contributed by atoms with Crippen LogP contribution >= 0.6 is 0 Å². The fourth-order valence-electron chi connectivity index (χ4n) is 2.31. The van der Waals surface area contributed by atoms with E-state index in [1.54, 1.807) is 12.1 Å². The lowest BCUT2D eigenvalue weighted by atomic mass is 10.1. The van der Waals surface area contributed by atoms with Crippen LogP contribution in [0, 0.1) is 10.1 Å². The summed E-state index contributed by atoms with van der Waals surface area (Å²) in [5.74, 6) is 0. The molecule has 5 nitrogen and oxygen atoms in total. The molecule has 1 aliphatic rings. The molecule has 0 radical (unpaired) electrons. The maximum atomic E-state index is 10.7. The van der Waals surface area contributed by atoms with Gasteiger partial charge >= 0.3 is 0 Å². The predicted molar refractivity (Wildman–Crippen MR) is 63.6 cm³/mol. The molecule has 0 spiro atoms. The van der Waals surface area contributed by atoms with Crippen molar-refractivity contribution in [3.05, 3.63) is 39.9 Å². The van der Waals surface area contributed by atoms with Crippen molar-refractivity contribution >= 4 is 5.69 Å². The van der Waals surface area contributed by atoms with Gasteiger partial charge in [0.15, 0.2) is 0 Å². The molecule has 0 aliphatic carbocycles. The average molecular weight is 236 g/mol. The minimum atomic E-state index is -0.378. The molecule has 1 aliphatic heterocycles. The van der Waals surface area contributed by atoms with Crippen molar-refractivity contribution in [1.82, 2.24) is 4.90 Å². The van der Waals surface area contributed by atoms with Gasteiger partial charge in [-0.25, -0.2) is 0 Å². The number of hydrogen-bond acceptors (Lipinski definition) is 4. The second kappa shape index (κ2) is 5.25. The van der Waals surface area contributed by atoms with Crippen LogP contribution < -0.4 is 0 Å². The number of nitro benzene ring substituents is 1. The number of nitrogens with zero attached hydrogens (tertiary/aromatic N) is 2. The molecule has 1 N–H and O–H groups in total. The van der Waals surface area contributed by atoms with Gasteiger partial charge in [0.05, 0.1) is 11.5 Å². The number of benzene rings is 1. The van der Waals surface area contributed by atoms with Crippen LogP contribution in [-0.2, 0) is 6.54 Å². The lowest BCUT2D eigenvalue weighted by molar-refractivity contribution is -0.384. The quantitative estimate of drug-likeness (QED) is 0.636. The Bertz CT molecular complexity index is 408. The molecule has 0 aromatic heterocycles. The van der Waals surface area contributed by atoms with E-state index in [2.05, 4.69) is 4.90 Å². The first kappa shape index (κ1) is 12.0. The van der Waals surface area contributed by atoms with Crippen LogP contribution in [0.2, 0.25) is 0 Å². The van der Waals surface area contributed by atoms with Crippen LogP contribution in [0.3, 0.4) is 0 Å². The molecule has 1 aromatic rings. The number of nitro groups is 1. The largest absolute Gasteiger partial charge is 0.395 e. The summed E-state index contributed by atoms with van der Waals surface area (Å²) in [6.45, 7) is 1.79. The lowest BCUT2D eigenvalue weighted by Gasteiger charge is -2.22. The van der Waals surface area contributed by atoms with E-state index in [1.165, 1.54) is 6.07 Å². The van der Waals surface area contributed by atoms with Gasteiger partial charge in [0.25, 0.3) is 5.69 Å². The first-order valence-electron chi connectivity index (χ1n) is 5.79. The predicted octanol–water partition coefficient (Wildman–Crippen LogP) is 1.55. The molecule has 92 valence electrons. The SMILES string of the molecule is O=[N+]([O-])c1cccc(CN2CCC[C@@H]2CO)c1. The van der Waals surface area contributed by atoms with E-state index in [9.17, 15) is 15.2 Å². The van der Waals surface area contributed by atoms with Gasteiger partial charge in [0, 0.05) is 24.7 Å². The average Bonchev–Trinajstić information content (AvgIpc) is 2.76. The zero-order valence-electron chi connectivity index (χ0n) is 9.58. The molecule has 1 fully saturated rings. The summed E-state index contributed by atoms with van der Waals surface area (Å²) in [4.78, 5) is 12.5. The normalized spacial score (nSPS) is 20.6.